The number of hydrogen-bond donors (Lipinski definition) is 0. The average Bonchev–Trinajstić information content (AvgIpc) is 3.23. The van der Waals surface area contributed by atoms with Crippen molar-refractivity contribution < 1.29 is 28.6 Å². The summed E-state index contributed by atoms with van der Waals surface area (Å²) in [5.74, 6) is -0.870. The van der Waals surface area contributed by atoms with Gasteiger partial charge in [-0.2, -0.15) is 0 Å². The van der Waals surface area contributed by atoms with Gasteiger partial charge < -0.3 is 14.2 Å². The Morgan fingerprint density at radius 3 is 0.932 bits per heavy atom. The Hall–Kier alpha value is -2.11. The molecule has 0 heterocycles. The number of rotatable bonds is 47. The molecule has 0 saturated carbocycles. The van der Waals surface area contributed by atoms with E-state index in [2.05, 4.69) is 45.1 Å². The van der Waals surface area contributed by atoms with Crippen LogP contribution in [0.15, 0.2) is 24.3 Å². The lowest BCUT2D eigenvalue weighted by molar-refractivity contribution is -0.167. The van der Waals surface area contributed by atoms with E-state index in [1.165, 1.54) is 173 Å². The molecule has 6 heteroatoms. The monoisotopic (exact) mass is 831 g/mol. The molecule has 0 aliphatic carbocycles. The van der Waals surface area contributed by atoms with Gasteiger partial charge in [-0.3, -0.25) is 14.4 Å². The van der Waals surface area contributed by atoms with Gasteiger partial charge in [0.05, 0.1) is 0 Å². The number of carbonyl (C=O) groups is 3. The lowest BCUT2D eigenvalue weighted by Crippen LogP contribution is -2.30. The molecule has 0 saturated heterocycles. The summed E-state index contributed by atoms with van der Waals surface area (Å²) in [6.07, 6.45) is 54.9. The van der Waals surface area contributed by atoms with Gasteiger partial charge >= 0.3 is 17.9 Å². The Bertz CT molecular complexity index is 958. The summed E-state index contributed by atoms with van der Waals surface area (Å²) in [6, 6.07) is 0. The van der Waals surface area contributed by atoms with Crippen molar-refractivity contribution in [2.75, 3.05) is 13.2 Å². The van der Waals surface area contributed by atoms with Crippen LogP contribution in [0, 0.1) is 0 Å². The summed E-state index contributed by atoms with van der Waals surface area (Å²) in [6.45, 7) is 6.57. The maximum absolute atomic E-state index is 12.7. The standard InChI is InChI=1S/C53H98O6/c1-4-7-10-13-16-18-20-21-22-23-24-25-26-27-28-29-30-31-32-33-34-36-37-40-43-46-52(55)58-49-50(48-57-51(54)45-42-39-15-12-9-6-3)59-53(56)47-44-41-38-35-19-17-14-11-8-5-2/h20-21,23-24,50H,4-19,22,25-49H2,1-3H3/b21-20-,24-23-. The zero-order chi connectivity index (χ0) is 43.0. The zero-order valence-corrected chi connectivity index (χ0v) is 39.5. The molecule has 0 fully saturated rings. The maximum Gasteiger partial charge on any atom is 0.306 e. The first-order valence-corrected chi connectivity index (χ1v) is 25.8. The van der Waals surface area contributed by atoms with Crippen molar-refractivity contribution in [2.45, 2.75) is 284 Å². The number of allylic oxidation sites excluding steroid dienone is 4. The molecule has 0 aromatic heterocycles. The fourth-order valence-electron chi connectivity index (χ4n) is 7.53. The van der Waals surface area contributed by atoms with Crippen LogP contribution in [0.2, 0.25) is 0 Å². The third-order valence-electron chi connectivity index (χ3n) is 11.5. The Morgan fingerprint density at radius 2 is 0.610 bits per heavy atom. The minimum Gasteiger partial charge on any atom is -0.462 e. The molecule has 0 rings (SSSR count). The normalized spacial score (nSPS) is 12.1. The number of hydrogen-bond acceptors (Lipinski definition) is 6. The van der Waals surface area contributed by atoms with Gasteiger partial charge in [0.1, 0.15) is 13.2 Å². The Morgan fingerprint density at radius 1 is 0.339 bits per heavy atom. The van der Waals surface area contributed by atoms with E-state index in [1.807, 2.05) is 0 Å². The molecule has 0 N–H and O–H groups in total. The second kappa shape index (κ2) is 48.6. The number of esters is 3. The first-order chi connectivity index (χ1) is 29.0. The summed E-state index contributed by atoms with van der Waals surface area (Å²) >= 11 is 0. The van der Waals surface area contributed by atoms with Gasteiger partial charge in [0, 0.05) is 19.3 Å². The van der Waals surface area contributed by atoms with Gasteiger partial charge in [0.15, 0.2) is 6.10 Å². The summed E-state index contributed by atoms with van der Waals surface area (Å²) in [7, 11) is 0. The van der Waals surface area contributed by atoms with Crippen LogP contribution in [0.4, 0.5) is 0 Å². The second-order valence-electron chi connectivity index (χ2n) is 17.4. The summed E-state index contributed by atoms with van der Waals surface area (Å²) < 4.78 is 16.7. The Balaban J connectivity index is 4.02. The molecular weight excluding hydrogens is 733 g/mol. The summed E-state index contributed by atoms with van der Waals surface area (Å²) in [4.78, 5) is 37.6. The van der Waals surface area contributed by atoms with E-state index in [9.17, 15) is 14.4 Å². The van der Waals surface area contributed by atoms with Crippen molar-refractivity contribution in [3.63, 3.8) is 0 Å². The molecule has 59 heavy (non-hydrogen) atoms. The van der Waals surface area contributed by atoms with Gasteiger partial charge in [-0.25, -0.2) is 0 Å². The SMILES string of the molecule is CCCCCCC/C=C\C/C=C\CCCCCCCCCCCCCCCC(=O)OCC(COC(=O)CCCCCCCC)OC(=O)CCCCCCCCCCCC. The fourth-order valence-corrected chi connectivity index (χ4v) is 7.53. The van der Waals surface area contributed by atoms with E-state index in [1.54, 1.807) is 0 Å². The smallest absolute Gasteiger partial charge is 0.306 e. The van der Waals surface area contributed by atoms with Crippen LogP contribution in [0.5, 0.6) is 0 Å². The van der Waals surface area contributed by atoms with E-state index in [0.717, 1.165) is 64.2 Å². The van der Waals surface area contributed by atoms with Gasteiger partial charge in [0.25, 0.3) is 0 Å². The van der Waals surface area contributed by atoms with Crippen molar-refractivity contribution in [1.82, 2.24) is 0 Å². The molecule has 0 amide bonds. The fraction of sp³-hybridized carbons (Fsp3) is 0.868. The predicted molar refractivity (Wildman–Crippen MR) is 252 cm³/mol. The molecule has 0 radical (unpaired) electrons. The third kappa shape index (κ3) is 46.8. The molecule has 0 bridgehead atoms. The summed E-state index contributed by atoms with van der Waals surface area (Å²) in [5, 5.41) is 0. The first kappa shape index (κ1) is 56.9. The predicted octanol–water partition coefficient (Wildman–Crippen LogP) is 16.8. The molecule has 0 spiro atoms. The molecule has 1 unspecified atom stereocenters. The lowest BCUT2D eigenvalue weighted by atomic mass is 10.0. The quantitative estimate of drug-likeness (QED) is 0.0263. The van der Waals surface area contributed by atoms with Gasteiger partial charge in [-0.1, -0.05) is 231 Å². The van der Waals surface area contributed by atoms with Crippen LogP contribution >= 0.6 is 0 Å². The number of ether oxygens (including phenoxy) is 3. The van der Waals surface area contributed by atoms with E-state index in [0.29, 0.717) is 19.3 Å². The number of unbranched alkanes of at least 4 members (excludes halogenated alkanes) is 32. The van der Waals surface area contributed by atoms with Crippen molar-refractivity contribution in [3.8, 4) is 0 Å². The molecule has 0 aromatic carbocycles. The van der Waals surface area contributed by atoms with Gasteiger partial charge in [-0.15, -0.1) is 0 Å². The van der Waals surface area contributed by atoms with Crippen molar-refractivity contribution >= 4 is 17.9 Å². The molecule has 0 aromatic rings. The Kier molecular flexibility index (Phi) is 46.8. The summed E-state index contributed by atoms with van der Waals surface area (Å²) in [5.41, 5.74) is 0. The van der Waals surface area contributed by atoms with Crippen LogP contribution in [0.25, 0.3) is 0 Å². The lowest BCUT2D eigenvalue weighted by Gasteiger charge is -2.18. The van der Waals surface area contributed by atoms with Crippen molar-refractivity contribution in [1.29, 1.82) is 0 Å². The van der Waals surface area contributed by atoms with Gasteiger partial charge in [0.2, 0.25) is 0 Å². The largest absolute Gasteiger partial charge is 0.462 e. The topological polar surface area (TPSA) is 78.9 Å². The highest BCUT2D eigenvalue weighted by Crippen LogP contribution is 2.16. The second-order valence-corrected chi connectivity index (χ2v) is 17.4. The average molecular weight is 831 g/mol. The molecule has 0 aliphatic heterocycles. The number of carbonyl (C=O) groups excluding carboxylic acids is 3. The highest BCUT2D eigenvalue weighted by atomic mass is 16.6. The van der Waals surface area contributed by atoms with Crippen molar-refractivity contribution in [3.05, 3.63) is 24.3 Å². The Labute approximate surface area is 366 Å². The molecule has 1 atom stereocenters. The van der Waals surface area contributed by atoms with Gasteiger partial charge in [-0.05, 0) is 51.4 Å². The maximum atomic E-state index is 12.7. The van der Waals surface area contributed by atoms with Crippen LogP contribution in [0.1, 0.15) is 278 Å². The van der Waals surface area contributed by atoms with Crippen LogP contribution in [-0.2, 0) is 28.6 Å². The highest BCUT2D eigenvalue weighted by Gasteiger charge is 2.19. The van der Waals surface area contributed by atoms with E-state index >= 15 is 0 Å². The van der Waals surface area contributed by atoms with Crippen LogP contribution in [0.3, 0.4) is 0 Å². The molecule has 0 aliphatic rings. The molecule has 346 valence electrons. The van der Waals surface area contributed by atoms with Crippen LogP contribution in [-0.4, -0.2) is 37.2 Å². The highest BCUT2D eigenvalue weighted by molar-refractivity contribution is 5.71. The van der Waals surface area contributed by atoms with E-state index in [-0.39, 0.29) is 31.1 Å². The zero-order valence-electron chi connectivity index (χ0n) is 39.5. The molecule has 6 nitrogen and oxygen atoms in total. The van der Waals surface area contributed by atoms with Crippen LogP contribution < -0.4 is 0 Å². The first-order valence-electron chi connectivity index (χ1n) is 25.8. The third-order valence-corrected chi connectivity index (χ3v) is 11.5. The van der Waals surface area contributed by atoms with E-state index in [4.69, 9.17) is 14.2 Å². The minimum atomic E-state index is -0.761. The van der Waals surface area contributed by atoms with E-state index < -0.39 is 6.10 Å². The minimum absolute atomic E-state index is 0.0678. The molecular formula is C53H98O6. The van der Waals surface area contributed by atoms with Crippen molar-refractivity contribution in [2.24, 2.45) is 0 Å².